The van der Waals surface area contributed by atoms with Crippen LogP contribution in [0.1, 0.15) is 39.0 Å². The maximum atomic E-state index is 3.55. The van der Waals surface area contributed by atoms with E-state index in [2.05, 4.69) is 24.2 Å². The van der Waals surface area contributed by atoms with Crippen LogP contribution in [0.3, 0.4) is 0 Å². The Bertz CT molecular complexity index is 169. The Morgan fingerprint density at radius 1 is 1.21 bits per heavy atom. The molecule has 0 radical (unpaired) electrons. The molecule has 1 aliphatic heterocycles. The fourth-order valence-electron chi connectivity index (χ4n) is 2.59. The van der Waals surface area contributed by atoms with Gasteiger partial charge in [0.2, 0.25) is 0 Å². The second kappa shape index (κ2) is 4.63. The van der Waals surface area contributed by atoms with Crippen LogP contribution < -0.4 is 5.32 Å². The largest absolute Gasteiger partial charge is 0.315 e. The van der Waals surface area contributed by atoms with Crippen molar-refractivity contribution in [3.05, 3.63) is 0 Å². The molecule has 0 aromatic rings. The molecule has 0 spiro atoms. The second-order valence-corrected chi connectivity index (χ2v) is 5.10. The highest BCUT2D eigenvalue weighted by Crippen LogP contribution is 2.35. The minimum absolute atomic E-state index is 0.785. The van der Waals surface area contributed by atoms with Gasteiger partial charge in [0.25, 0.3) is 0 Å². The van der Waals surface area contributed by atoms with E-state index in [1.807, 2.05) is 0 Å². The van der Waals surface area contributed by atoms with Crippen molar-refractivity contribution < 1.29 is 0 Å². The van der Waals surface area contributed by atoms with E-state index >= 15 is 0 Å². The summed E-state index contributed by atoms with van der Waals surface area (Å²) in [6.07, 6.45) is 7.08. The summed E-state index contributed by atoms with van der Waals surface area (Å²) in [5, 5.41) is 3.55. The van der Waals surface area contributed by atoms with E-state index in [0.717, 1.165) is 18.0 Å². The van der Waals surface area contributed by atoms with Crippen LogP contribution in [0.2, 0.25) is 0 Å². The van der Waals surface area contributed by atoms with Gasteiger partial charge in [-0.25, -0.2) is 0 Å². The van der Waals surface area contributed by atoms with Gasteiger partial charge in [-0.05, 0) is 52.1 Å². The summed E-state index contributed by atoms with van der Waals surface area (Å²) in [5.41, 5.74) is 0. The van der Waals surface area contributed by atoms with Gasteiger partial charge in [-0.2, -0.15) is 0 Å². The Hall–Kier alpha value is -0.0800. The summed E-state index contributed by atoms with van der Waals surface area (Å²) in [4.78, 5) is 2.62. The zero-order chi connectivity index (χ0) is 9.97. The quantitative estimate of drug-likeness (QED) is 0.741. The molecule has 82 valence electrons. The molecule has 0 amide bonds. The molecule has 14 heavy (non-hydrogen) atoms. The maximum absolute atomic E-state index is 3.55. The van der Waals surface area contributed by atoms with E-state index in [0.29, 0.717) is 0 Å². The molecular weight excluding hydrogens is 172 g/mol. The SMILES string of the molecule is CC(C1CC1)N(C)C1CCCCNC1. The maximum Gasteiger partial charge on any atom is 0.0220 e. The Morgan fingerprint density at radius 3 is 2.71 bits per heavy atom. The molecular formula is C12H24N2. The van der Waals surface area contributed by atoms with Crippen LogP contribution in [0, 0.1) is 5.92 Å². The Labute approximate surface area is 88.1 Å². The number of likely N-dealkylation sites (N-methyl/N-ethyl adjacent to an activating group) is 1. The van der Waals surface area contributed by atoms with Gasteiger partial charge in [0, 0.05) is 18.6 Å². The summed E-state index contributed by atoms with van der Waals surface area (Å²) < 4.78 is 0. The van der Waals surface area contributed by atoms with Crippen LogP contribution in [-0.2, 0) is 0 Å². The van der Waals surface area contributed by atoms with Gasteiger partial charge in [0.05, 0.1) is 0 Å². The first-order chi connectivity index (χ1) is 6.79. The lowest BCUT2D eigenvalue weighted by Gasteiger charge is -2.32. The van der Waals surface area contributed by atoms with Crippen molar-refractivity contribution in [2.45, 2.75) is 51.1 Å². The van der Waals surface area contributed by atoms with E-state index < -0.39 is 0 Å². The molecule has 0 aromatic heterocycles. The summed E-state index contributed by atoms with van der Waals surface area (Å²) in [6, 6.07) is 1.59. The highest BCUT2D eigenvalue weighted by atomic mass is 15.2. The number of hydrogen-bond donors (Lipinski definition) is 1. The van der Waals surface area contributed by atoms with E-state index in [9.17, 15) is 0 Å². The van der Waals surface area contributed by atoms with Crippen molar-refractivity contribution >= 4 is 0 Å². The lowest BCUT2D eigenvalue weighted by atomic mass is 10.1. The zero-order valence-electron chi connectivity index (χ0n) is 9.63. The summed E-state index contributed by atoms with van der Waals surface area (Å²) in [7, 11) is 2.32. The number of nitrogens with one attached hydrogen (secondary N) is 1. The van der Waals surface area contributed by atoms with Crippen LogP contribution in [0.15, 0.2) is 0 Å². The predicted octanol–water partition coefficient (Wildman–Crippen LogP) is 1.86. The van der Waals surface area contributed by atoms with Crippen molar-refractivity contribution in [1.29, 1.82) is 0 Å². The molecule has 1 saturated carbocycles. The average molecular weight is 196 g/mol. The van der Waals surface area contributed by atoms with Crippen LogP contribution in [0.5, 0.6) is 0 Å². The predicted molar refractivity (Wildman–Crippen MR) is 60.5 cm³/mol. The molecule has 1 N–H and O–H groups in total. The monoisotopic (exact) mass is 196 g/mol. The minimum Gasteiger partial charge on any atom is -0.315 e. The molecule has 2 rings (SSSR count). The van der Waals surface area contributed by atoms with E-state index in [1.165, 1.54) is 45.2 Å². The number of nitrogens with zero attached hydrogens (tertiary/aromatic N) is 1. The summed E-state index contributed by atoms with van der Waals surface area (Å²) >= 11 is 0. The fraction of sp³-hybridized carbons (Fsp3) is 1.00. The molecule has 2 unspecified atom stereocenters. The average Bonchev–Trinajstić information content (AvgIpc) is 3.02. The third-order valence-corrected chi connectivity index (χ3v) is 4.04. The topological polar surface area (TPSA) is 15.3 Å². The lowest BCUT2D eigenvalue weighted by Crippen LogP contribution is -2.44. The highest BCUT2D eigenvalue weighted by Gasteiger charge is 2.33. The Balaban J connectivity index is 1.84. The van der Waals surface area contributed by atoms with Crippen molar-refractivity contribution in [3.8, 4) is 0 Å². The smallest absolute Gasteiger partial charge is 0.0220 e. The second-order valence-electron chi connectivity index (χ2n) is 5.10. The van der Waals surface area contributed by atoms with Crippen molar-refractivity contribution in [1.82, 2.24) is 10.2 Å². The summed E-state index contributed by atoms with van der Waals surface area (Å²) in [6.45, 7) is 4.83. The summed E-state index contributed by atoms with van der Waals surface area (Å²) in [5.74, 6) is 1.00. The minimum atomic E-state index is 0.785. The molecule has 2 atom stereocenters. The van der Waals surface area contributed by atoms with Gasteiger partial charge in [-0.15, -0.1) is 0 Å². The van der Waals surface area contributed by atoms with Gasteiger partial charge < -0.3 is 5.32 Å². The van der Waals surface area contributed by atoms with Crippen LogP contribution >= 0.6 is 0 Å². The highest BCUT2D eigenvalue weighted by molar-refractivity contribution is 4.87. The Morgan fingerprint density at radius 2 is 2.00 bits per heavy atom. The van der Waals surface area contributed by atoms with E-state index in [1.54, 1.807) is 0 Å². The zero-order valence-corrected chi connectivity index (χ0v) is 9.63. The molecule has 1 heterocycles. The van der Waals surface area contributed by atoms with Crippen molar-refractivity contribution in [2.75, 3.05) is 20.1 Å². The first-order valence-electron chi connectivity index (χ1n) is 6.21. The van der Waals surface area contributed by atoms with Gasteiger partial charge in [0.15, 0.2) is 0 Å². The number of rotatable bonds is 3. The van der Waals surface area contributed by atoms with Gasteiger partial charge >= 0.3 is 0 Å². The number of hydrogen-bond acceptors (Lipinski definition) is 2. The van der Waals surface area contributed by atoms with Crippen LogP contribution in [0.25, 0.3) is 0 Å². The molecule has 2 nitrogen and oxygen atoms in total. The molecule has 2 fully saturated rings. The Kier molecular flexibility index (Phi) is 3.45. The van der Waals surface area contributed by atoms with Gasteiger partial charge in [-0.3, -0.25) is 4.90 Å². The lowest BCUT2D eigenvalue weighted by molar-refractivity contribution is 0.160. The molecule has 2 heteroatoms. The van der Waals surface area contributed by atoms with E-state index in [4.69, 9.17) is 0 Å². The molecule has 2 aliphatic rings. The van der Waals surface area contributed by atoms with Crippen LogP contribution in [-0.4, -0.2) is 37.1 Å². The van der Waals surface area contributed by atoms with E-state index in [-0.39, 0.29) is 0 Å². The molecule has 0 aromatic carbocycles. The molecule has 0 bridgehead atoms. The van der Waals surface area contributed by atoms with Crippen molar-refractivity contribution in [3.63, 3.8) is 0 Å². The molecule has 1 aliphatic carbocycles. The van der Waals surface area contributed by atoms with Crippen molar-refractivity contribution in [2.24, 2.45) is 5.92 Å². The van der Waals surface area contributed by atoms with Gasteiger partial charge in [0.1, 0.15) is 0 Å². The first kappa shape index (κ1) is 10.4. The fourth-order valence-corrected chi connectivity index (χ4v) is 2.59. The first-order valence-corrected chi connectivity index (χ1v) is 6.21. The van der Waals surface area contributed by atoms with Gasteiger partial charge in [-0.1, -0.05) is 6.42 Å². The molecule has 1 saturated heterocycles. The third kappa shape index (κ3) is 2.48. The standard InChI is InChI=1S/C12H24N2/c1-10(11-6-7-11)14(2)12-5-3-4-8-13-9-12/h10-13H,3-9H2,1-2H3. The van der Waals surface area contributed by atoms with Crippen LogP contribution in [0.4, 0.5) is 0 Å². The third-order valence-electron chi connectivity index (χ3n) is 4.04. The normalized spacial score (nSPS) is 31.5.